The Morgan fingerprint density at radius 3 is 2.42 bits per heavy atom. The van der Waals surface area contributed by atoms with Gasteiger partial charge in [0.15, 0.2) is 0 Å². The summed E-state index contributed by atoms with van der Waals surface area (Å²) in [5, 5.41) is 17.2. The van der Waals surface area contributed by atoms with Crippen LogP contribution in [0, 0.1) is 5.92 Å². The second-order valence-electron chi connectivity index (χ2n) is 3.04. The van der Waals surface area contributed by atoms with Gasteiger partial charge in [-0.05, 0) is 19.3 Å². The number of carboxylic acid groups (broad SMARTS) is 1. The van der Waals surface area contributed by atoms with E-state index in [-0.39, 0.29) is 12.3 Å². The largest absolute Gasteiger partial charge is 0.481 e. The molecule has 0 radical (unpaired) electrons. The minimum absolute atomic E-state index is 0.186. The van der Waals surface area contributed by atoms with Crippen molar-refractivity contribution >= 4 is 5.97 Å². The Bertz CT molecular complexity index is 161. The van der Waals surface area contributed by atoms with Crippen LogP contribution in [0.25, 0.3) is 0 Å². The first-order valence-corrected chi connectivity index (χ1v) is 4.10. The normalized spacial score (nSPS) is 16.2. The summed E-state index contributed by atoms with van der Waals surface area (Å²) in [5.74, 6) is -0.553. The van der Waals surface area contributed by atoms with Crippen molar-refractivity contribution in [2.45, 2.75) is 32.8 Å². The molecule has 0 bridgehead atoms. The van der Waals surface area contributed by atoms with Gasteiger partial charge >= 0.3 is 5.97 Å². The van der Waals surface area contributed by atoms with Gasteiger partial charge in [0, 0.05) is 6.42 Å². The van der Waals surface area contributed by atoms with Crippen LogP contribution in [0.15, 0.2) is 12.2 Å². The Labute approximate surface area is 72.7 Å². The zero-order chi connectivity index (χ0) is 9.56. The number of hydrogen-bond donors (Lipinski definition) is 2. The van der Waals surface area contributed by atoms with E-state index in [4.69, 9.17) is 10.2 Å². The highest BCUT2D eigenvalue weighted by Gasteiger charge is 2.01. The number of allylic oxidation sites excluding steroid dienone is 1. The zero-order valence-corrected chi connectivity index (χ0v) is 7.53. The third-order valence-corrected chi connectivity index (χ3v) is 1.53. The van der Waals surface area contributed by atoms with Crippen LogP contribution in [0.1, 0.15) is 26.7 Å². The number of aliphatic hydroxyl groups excluding tert-OH is 1. The molecular formula is C9H16O3. The van der Waals surface area contributed by atoms with Crippen molar-refractivity contribution in [2.24, 2.45) is 5.92 Å². The van der Waals surface area contributed by atoms with E-state index >= 15 is 0 Å². The maximum Gasteiger partial charge on any atom is 0.303 e. The van der Waals surface area contributed by atoms with E-state index in [9.17, 15) is 4.79 Å². The Balaban J connectivity index is 3.59. The average Bonchev–Trinajstić information content (AvgIpc) is 1.96. The van der Waals surface area contributed by atoms with E-state index in [2.05, 4.69) is 0 Å². The van der Waals surface area contributed by atoms with Crippen molar-refractivity contribution in [2.75, 3.05) is 0 Å². The summed E-state index contributed by atoms with van der Waals surface area (Å²) < 4.78 is 0. The Kier molecular flexibility index (Phi) is 5.37. The van der Waals surface area contributed by atoms with Gasteiger partial charge in [0.25, 0.3) is 0 Å². The molecule has 0 saturated carbocycles. The number of aliphatic hydroxyl groups is 1. The third-order valence-electron chi connectivity index (χ3n) is 1.53. The van der Waals surface area contributed by atoms with Crippen LogP contribution in [0.2, 0.25) is 0 Å². The molecule has 0 aromatic heterocycles. The van der Waals surface area contributed by atoms with Crippen LogP contribution in [-0.4, -0.2) is 22.3 Å². The van der Waals surface area contributed by atoms with E-state index in [1.807, 2.05) is 13.0 Å². The number of hydrogen-bond acceptors (Lipinski definition) is 2. The van der Waals surface area contributed by atoms with Gasteiger partial charge in [-0.25, -0.2) is 0 Å². The maximum absolute atomic E-state index is 10.2. The molecule has 0 aliphatic rings. The predicted molar refractivity (Wildman–Crippen MR) is 46.9 cm³/mol. The minimum atomic E-state index is -0.771. The lowest BCUT2D eigenvalue weighted by atomic mass is 10.0. The highest BCUT2D eigenvalue weighted by Crippen LogP contribution is 2.07. The zero-order valence-electron chi connectivity index (χ0n) is 7.53. The molecule has 2 N–H and O–H groups in total. The summed E-state index contributed by atoms with van der Waals surface area (Å²) in [5.41, 5.74) is 0. The maximum atomic E-state index is 10.2. The Hall–Kier alpha value is -0.830. The summed E-state index contributed by atoms with van der Waals surface area (Å²) in [6, 6.07) is 0. The molecule has 70 valence electrons. The predicted octanol–water partition coefficient (Wildman–Crippen LogP) is 1.42. The highest BCUT2D eigenvalue weighted by atomic mass is 16.4. The number of aliphatic carboxylic acids is 1. The fourth-order valence-electron chi connectivity index (χ4n) is 0.798. The van der Waals surface area contributed by atoms with Gasteiger partial charge < -0.3 is 10.2 Å². The van der Waals surface area contributed by atoms with Crippen molar-refractivity contribution in [3.8, 4) is 0 Å². The second kappa shape index (κ2) is 5.77. The van der Waals surface area contributed by atoms with Gasteiger partial charge in [0.2, 0.25) is 0 Å². The van der Waals surface area contributed by atoms with Crippen LogP contribution in [0.4, 0.5) is 0 Å². The average molecular weight is 172 g/mol. The van der Waals surface area contributed by atoms with Gasteiger partial charge in [0.05, 0.1) is 6.10 Å². The van der Waals surface area contributed by atoms with E-state index < -0.39 is 12.1 Å². The molecule has 0 aliphatic carbocycles. The monoisotopic (exact) mass is 172 g/mol. The van der Waals surface area contributed by atoms with Gasteiger partial charge in [-0.15, -0.1) is 0 Å². The molecule has 3 heteroatoms. The van der Waals surface area contributed by atoms with E-state index in [1.165, 1.54) is 0 Å². The van der Waals surface area contributed by atoms with Gasteiger partial charge in [-0.3, -0.25) is 4.79 Å². The molecule has 2 atom stereocenters. The van der Waals surface area contributed by atoms with Gasteiger partial charge in [-0.1, -0.05) is 19.1 Å². The van der Waals surface area contributed by atoms with Gasteiger partial charge in [-0.2, -0.15) is 0 Å². The smallest absolute Gasteiger partial charge is 0.303 e. The molecule has 0 heterocycles. The van der Waals surface area contributed by atoms with Gasteiger partial charge in [0.1, 0.15) is 0 Å². The van der Waals surface area contributed by atoms with Crippen molar-refractivity contribution < 1.29 is 15.0 Å². The molecule has 2 unspecified atom stereocenters. The van der Waals surface area contributed by atoms with Crippen LogP contribution in [-0.2, 0) is 4.79 Å². The fraction of sp³-hybridized carbons (Fsp3) is 0.667. The molecule has 3 nitrogen and oxygen atoms in total. The number of carbonyl (C=O) groups is 1. The van der Waals surface area contributed by atoms with Crippen molar-refractivity contribution in [1.82, 2.24) is 0 Å². The Morgan fingerprint density at radius 2 is 2.00 bits per heavy atom. The van der Waals surface area contributed by atoms with Crippen LogP contribution in [0.5, 0.6) is 0 Å². The van der Waals surface area contributed by atoms with E-state index in [0.717, 1.165) is 0 Å². The van der Waals surface area contributed by atoms with E-state index in [0.29, 0.717) is 6.42 Å². The first-order valence-electron chi connectivity index (χ1n) is 4.10. The topological polar surface area (TPSA) is 57.5 Å². The van der Waals surface area contributed by atoms with Crippen molar-refractivity contribution in [3.05, 3.63) is 12.2 Å². The third kappa shape index (κ3) is 7.28. The molecule has 0 saturated heterocycles. The Morgan fingerprint density at radius 1 is 1.42 bits per heavy atom. The summed E-state index contributed by atoms with van der Waals surface area (Å²) in [6.07, 6.45) is 3.88. The minimum Gasteiger partial charge on any atom is -0.481 e. The van der Waals surface area contributed by atoms with Crippen LogP contribution < -0.4 is 0 Å². The SMILES string of the molecule is CC(O)C=CC(C)CCC(=O)O. The summed E-state index contributed by atoms with van der Waals surface area (Å²) in [6.45, 7) is 3.60. The van der Waals surface area contributed by atoms with Crippen LogP contribution >= 0.6 is 0 Å². The standard InChI is InChI=1S/C9H16O3/c1-7(3-5-8(2)10)4-6-9(11)12/h3,5,7-8,10H,4,6H2,1-2H3,(H,11,12). The first kappa shape index (κ1) is 11.2. The second-order valence-corrected chi connectivity index (χ2v) is 3.04. The molecule has 0 aromatic carbocycles. The lowest BCUT2D eigenvalue weighted by molar-refractivity contribution is -0.137. The molecule has 0 aromatic rings. The lowest BCUT2D eigenvalue weighted by Gasteiger charge is -2.03. The van der Waals surface area contributed by atoms with Crippen LogP contribution in [0.3, 0.4) is 0 Å². The first-order chi connectivity index (χ1) is 5.52. The molecule has 0 aliphatic heterocycles. The van der Waals surface area contributed by atoms with E-state index in [1.54, 1.807) is 13.0 Å². The molecule has 0 fully saturated rings. The molecule has 0 spiro atoms. The molecule has 12 heavy (non-hydrogen) atoms. The highest BCUT2D eigenvalue weighted by molar-refractivity contribution is 5.66. The van der Waals surface area contributed by atoms with Crippen molar-refractivity contribution in [3.63, 3.8) is 0 Å². The number of rotatable bonds is 5. The molecular weight excluding hydrogens is 156 g/mol. The fourth-order valence-corrected chi connectivity index (χ4v) is 0.798. The summed E-state index contributed by atoms with van der Waals surface area (Å²) >= 11 is 0. The van der Waals surface area contributed by atoms with Crippen molar-refractivity contribution in [1.29, 1.82) is 0 Å². The quantitative estimate of drug-likeness (QED) is 0.617. The molecule has 0 rings (SSSR count). The lowest BCUT2D eigenvalue weighted by Crippen LogP contribution is -2.00. The summed E-state index contributed by atoms with van der Waals surface area (Å²) in [7, 11) is 0. The number of carboxylic acids is 1. The molecule has 0 amide bonds. The summed E-state index contributed by atoms with van der Waals surface area (Å²) in [4.78, 5) is 10.2.